The Bertz CT molecular complexity index is 920. The number of rotatable bonds is 19. The van der Waals surface area contributed by atoms with E-state index in [0.717, 1.165) is 63.4 Å². The lowest BCUT2D eigenvalue weighted by Crippen LogP contribution is -2.28. The number of unbranched alkanes of at least 4 members (excludes halogenated alkanes) is 2. The van der Waals surface area contributed by atoms with Crippen molar-refractivity contribution in [3.8, 4) is 5.75 Å². The van der Waals surface area contributed by atoms with Gasteiger partial charge in [0, 0.05) is 0 Å². The molecule has 0 radical (unpaired) electrons. The van der Waals surface area contributed by atoms with Crippen LogP contribution in [0.4, 0.5) is 0 Å². The second-order valence-corrected chi connectivity index (χ2v) is 11.3. The van der Waals surface area contributed by atoms with Gasteiger partial charge in [-0.25, -0.2) is 4.79 Å². The molecule has 226 valence electrons. The van der Waals surface area contributed by atoms with Gasteiger partial charge in [0.25, 0.3) is 0 Å². The SMILES string of the molecule is CCCCC[C@H](O)CC[C@@H]1[C@H]2Cc3cccc(OCC(=O)OC(C)COCCOCCC(=O)O)c3C[C@H]2C[C@H]1O. The van der Waals surface area contributed by atoms with Crippen LogP contribution >= 0.6 is 0 Å². The van der Waals surface area contributed by atoms with Crippen molar-refractivity contribution in [3.05, 3.63) is 29.3 Å². The van der Waals surface area contributed by atoms with Gasteiger partial charge in [0.2, 0.25) is 0 Å². The van der Waals surface area contributed by atoms with Crippen LogP contribution in [0.1, 0.15) is 76.3 Å². The molecule has 3 N–H and O–H groups in total. The zero-order valence-electron chi connectivity index (χ0n) is 24.1. The topological polar surface area (TPSA) is 132 Å². The van der Waals surface area contributed by atoms with Crippen LogP contribution in [0.15, 0.2) is 18.2 Å². The number of hydrogen-bond acceptors (Lipinski definition) is 8. The Labute approximate surface area is 238 Å². The summed E-state index contributed by atoms with van der Waals surface area (Å²) >= 11 is 0. The summed E-state index contributed by atoms with van der Waals surface area (Å²) in [6.45, 7) is 4.60. The molecule has 0 bridgehead atoms. The van der Waals surface area contributed by atoms with E-state index in [1.165, 1.54) is 5.56 Å². The lowest BCUT2D eigenvalue weighted by molar-refractivity contribution is -0.153. The lowest BCUT2D eigenvalue weighted by Gasteiger charge is -2.32. The zero-order valence-corrected chi connectivity index (χ0v) is 24.1. The maximum Gasteiger partial charge on any atom is 0.344 e. The first-order valence-corrected chi connectivity index (χ1v) is 14.9. The molecule has 0 heterocycles. The van der Waals surface area contributed by atoms with Crippen LogP contribution in [0.2, 0.25) is 0 Å². The fourth-order valence-corrected chi connectivity index (χ4v) is 6.16. The molecule has 0 amide bonds. The number of ether oxygens (including phenoxy) is 4. The first kappa shape index (κ1) is 32.3. The molecule has 0 aromatic heterocycles. The molecule has 0 aliphatic heterocycles. The third-order valence-corrected chi connectivity index (χ3v) is 8.18. The van der Waals surface area contributed by atoms with Gasteiger partial charge in [-0.05, 0) is 80.4 Å². The fourth-order valence-electron chi connectivity index (χ4n) is 6.16. The number of fused-ring (bicyclic) bond motifs is 2. The van der Waals surface area contributed by atoms with Crippen LogP contribution < -0.4 is 4.74 Å². The molecule has 40 heavy (non-hydrogen) atoms. The first-order chi connectivity index (χ1) is 19.3. The number of hydrogen-bond donors (Lipinski definition) is 3. The number of aliphatic hydroxyl groups is 2. The molecule has 6 atom stereocenters. The molecule has 3 rings (SSSR count). The number of carboxylic acid groups (broad SMARTS) is 1. The smallest absolute Gasteiger partial charge is 0.344 e. The number of carboxylic acids is 1. The standard InChI is InChI=1S/C31H48O9/c1-3-4-5-8-24(32)10-11-25-26-16-22-7-6-9-29(27(22)17-23(26)18-28(25)33)39-20-31(36)40-21(2)19-38-15-14-37-13-12-30(34)35/h6-7,9,21,23-26,28,32-33H,3-5,8,10-20H2,1-2H3,(H,34,35)/t21?,23-,24-,25+,26-,28+/m0/s1. The number of carbonyl (C=O) groups excluding carboxylic acids is 1. The summed E-state index contributed by atoms with van der Waals surface area (Å²) in [5, 5.41) is 29.9. The van der Waals surface area contributed by atoms with E-state index in [2.05, 4.69) is 13.0 Å². The van der Waals surface area contributed by atoms with E-state index in [4.69, 9.17) is 24.1 Å². The average molecular weight is 565 g/mol. The van der Waals surface area contributed by atoms with Crippen LogP contribution in [0.3, 0.4) is 0 Å². The number of aliphatic carboxylic acids is 1. The zero-order chi connectivity index (χ0) is 28.9. The largest absolute Gasteiger partial charge is 0.482 e. The normalized spacial score (nSPS) is 23.2. The fraction of sp³-hybridized carbons (Fsp3) is 0.742. The van der Waals surface area contributed by atoms with Crippen molar-refractivity contribution in [2.45, 2.75) is 96.4 Å². The van der Waals surface area contributed by atoms with E-state index in [1.807, 2.05) is 12.1 Å². The van der Waals surface area contributed by atoms with Crippen molar-refractivity contribution < 1.29 is 43.9 Å². The summed E-state index contributed by atoms with van der Waals surface area (Å²) in [7, 11) is 0. The quantitative estimate of drug-likeness (QED) is 0.169. The highest BCUT2D eigenvalue weighted by Gasteiger charge is 2.44. The summed E-state index contributed by atoms with van der Waals surface area (Å²) < 4.78 is 21.9. The van der Waals surface area contributed by atoms with Gasteiger partial charge in [0.05, 0.1) is 45.1 Å². The van der Waals surface area contributed by atoms with Crippen molar-refractivity contribution in [1.29, 1.82) is 0 Å². The molecule has 2 aliphatic carbocycles. The van der Waals surface area contributed by atoms with Crippen LogP contribution in [0, 0.1) is 17.8 Å². The molecule has 0 saturated heterocycles. The van der Waals surface area contributed by atoms with E-state index in [9.17, 15) is 19.8 Å². The molecule has 2 aliphatic rings. The van der Waals surface area contributed by atoms with Gasteiger partial charge >= 0.3 is 11.9 Å². The molecule has 9 heteroatoms. The molecule has 1 fully saturated rings. The second kappa shape index (κ2) is 16.9. The highest BCUT2D eigenvalue weighted by Crippen LogP contribution is 2.48. The Morgan fingerprint density at radius 1 is 1.07 bits per heavy atom. The van der Waals surface area contributed by atoms with Crippen molar-refractivity contribution in [3.63, 3.8) is 0 Å². The minimum atomic E-state index is -0.907. The third kappa shape index (κ3) is 10.3. The van der Waals surface area contributed by atoms with Crippen LogP contribution in [0.5, 0.6) is 5.75 Å². The van der Waals surface area contributed by atoms with E-state index in [-0.39, 0.29) is 57.6 Å². The number of carbonyl (C=O) groups is 2. The molecule has 1 aromatic rings. The second-order valence-electron chi connectivity index (χ2n) is 11.3. The van der Waals surface area contributed by atoms with Gasteiger partial charge in [0.15, 0.2) is 6.61 Å². The van der Waals surface area contributed by atoms with Gasteiger partial charge < -0.3 is 34.3 Å². The third-order valence-electron chi connectivity index (χ3n) is 8.18. The summed E-state index contributed by atoms with van der Waals surface area (Å²) in [6, 6.07) is 5.95. The Hall–Kier alpha value is -2.20. The van der Waals surface area contributed by atoms with Crippen molar-refractivity contribution in [1.82, 2.24) is 0 Å². The average Bonchev–Trinajstić information content (AvgIpc) is 3.22. The Morgan fingerprint density at radius 3 is 2.65 bits per heavy atom. The Morgan fingerprint density at radius 2 is 1.88 bits per heavy atom. The van der Waals surface area contributed by atoms with Crippen LogP contribution in [0.25, 0.3) is 0 Å². The highest BCUT2D eigenvalue weighted by molar-refractivity contribution is 5.71. The van der Waals surface area contributed by atoms with E-state index >= 15 is 0 Å². The predicted octanol–water partition coefficient (Wildman–Crippen LogP) is 3.94. The van der Waals surface area contributed by atoms with E-state index < -0.39 is 18.0 Å². The van der Waals surface area contributed by atoms with Crippen LogP contribution in [-0.2, 0) is 36.6 Å². The van der Waals surface area contributed by atoms with Gasteiger partial charge in [-0.2, -0.15) is 0 Å². The molecule has 1 saturated carbocycles. The minimum Gasteiger partial charge on any atom is -0.482 e. The Balaban J connectivity index is 1.42. The van der Waals surface area contributed by atoms with Crippen molar-refractivity contribution >= 4 is 11.9 Å². The first-order valence-electron chi connectivity index (χ1n) is 14.9. The summed E-state index contributed by atoms with van der Waals surface area (Å²) in [5.41, 5.74) is 2.32. The van der Waals surface area contributed by atoms with Crippen molar-refractivity contribution in [2.24, 2.45) is 17.8 Å². The maximum absolute atomic E-state index is 12.4. The molecule has 1 unspecified atom stereocenters. The summed E-state index contributed by atoms with van der Waals surface area (Å²) in [5.74, 6) is 0.281. The van der Waals surface area contributed by atoms with Crippen LogP contribution in [-0.4, -0.2) is 78.6 Å². The number of esters is 1. The Kier molecular flexibility index (Phi) is 13.7. The lowest BCUT2D eigenvalue weighted by atomic mass is 9.73. The molecule has 0 spiro atoms. The molecular weight excluding hydrogens is 516 g/mol. The monoisotopic (exact) mass is 564 g/mol. The summed E-state index contributed by atoms with van der Waals surface area (Å²) in [6.07, 6.45) is 7.12. The predicted molar refractivity (Wildman–Crippen MR) is 149 cm³/mol. The van der Waals surface area contributed by atoms with E-state index in [0.29, 0.717) is 17.6 Å². The highest BCUT2D eigenvalue weighted by atomic mass is 16.6. The van der Waals surface area contributed by atoms with Gasteiger partial charge in [-0.15, -0.1) is 0 Å². The molecular formula is C31H48O9. The van der Waals surface area contributed by atoms with Gasteiger partial charge in [-0.3, -0.25) is 4.79 Å². The summed E-state index contributed by atoms with van der Waals surface area (Å²) in [4.78, 5) is 22.8. The maximum atomic E-state index is 12.4. The van der Waals surface area contributed by atoms with Gasteiger partial charge in [-0.1, -0.05) is 38.3 Å². The number of aliphatic hydroxyl groups excluding tert-OH is 2. The van der Waals surface area contributed by atoms with Crippen molar-refractivity contribution in [2.75, 3.05) is 33.0 Å². The van der Waals surface area contributed by atoms with E-state index in [1.54, 1.807) is 6.92 Å². The molecule has 9 nitrogen and oxygen atoms in total. The number of benzene rings is 1. The van der Waals surface area contributed by atoms with Gasteiger partial charge in [0.1, 0.15) is 11.9 Å². The minimum absolute atomic E-state index is 0.0490. The molecule has 1 aromatic carbocycles.